The topological polar surface area (TPSA) is 84.0 Å². The van der Waals surface area contributed by atoms with Gasteiger partial charge in [-0.1, -0.05) is 31.1 Å². The van der Waals surface area contributed by atoms with E-state index in [-0.39, 0.29) is 11.8 Å². The Balaban J connectivity index is 2.12. The van der Waals surface area contributed by atoms with Gasteiger partial charge in [0.1, 0.15) is 5.01 Å². The van der Waals surface area contributed by atoms with Crippen LogP contribution >= 0.6 is 11.3 Å². The lowest BCUT2D eigenvalue weighted by atomic mass is 10.2. The number of hydrogen-bond acceptors (Lipinski definition) is 5. The second-order valence-corrected chi connectivity index (χ2v) is 6.01. The maximum absolute atomic E-state index is 11.7. The molecule has 2 N–H and O–H groups in total. The monoisotopic (exact) mass is 312 g/mol. The third-order valence-electron chi connectivity index (χ3n) is 2.91. The Morgan fingerprint density at radius 2 is 1.95 bits per heavy atom. The number of hydrogen-bond donors (Lipinski definition) is 2. The van der Waals surface area contributed by atoms with Gasteiger partial charge in [-0.3, -0.25) is 9.59 Å². The molecule has 0 saturated heterocycles. The lowest BCUT2D eigenvalue weighted by molar-refractivity contribution is -0.119. The molecule has 1 heterocycles. The first-order valence-electron chi connectivity index (χ1n) is 7.48. The van der Waals surface area contributed by atoms with Gasteiger partial charge in [0.2, 0.25) is 16.9 Å². The van der Waals surface area contributed by atoms with Crippen LogP contribution < -0.4 is 10.6 Å². The van der Waals surface area contributed by atoms with E-state index in [2.05, 4.69) is 27.8 Å². The Hall–Kier alpha value is -1.50. The predicted molar refractivity (Wildman–Crippen MR) is 84.3 cm³/mol. The summed E-state index contributed by atoms with van der Waals surface area (Å²) in [5, 5.41) is 15.1. The first-order valence-corrected chi connectivity index (χ1v) is 8.30. The average Bonchev–Trinajstić information content (AvgIpc) is 2.87. The van der Waals surface area contributed by atoms with Crippen LogP contribution in [0.4, 0.5) is 5.13 Å². The van der Waals surface area contributed by atoms with Gasteiger partial charge in [-0.05, 0) is 19.3 Å². The van der Waals surface area contributed by atoms with Crippen molar-refractivity contribution < 1.29 is 9.59 Å². The summed E-state index contributed by atoms with van der Waals surface area (Å²) in [5.41, 5.74) is 0. The zero-order chi connectivity index (χ0) is 15.5. The van der Waals surface area contributed by atoms with Crippen LogP contribution in [0, 0.1) is 0 Å². The summed E-state index contributed by atoms with van der Waals surface area (Å²) in [6.45, 7) is 4.31. The van der Waals surface area contributed by atoms with Crippen molar-refractivity contribution in [2.24, 2.45) is 0 Å². The summed E-state index contributed by atoms with van der Waals surface area (Å²) >= 11 is 1.45. The largest absolute Gasteiger partial charge is 0.356 e. The van der Waals surface area contributed by atoms with Gasteiger partial charge in [-0.2, -0.15) is 0 Å². The second kappa shape index (κ2) is 10.3. The number of nitrogens with zero attached hydrogens (tertiary/aromatic N) is 2. The molecule has 1 aromatic heterocycles. The van der Waals surface area contributed by atoms with Crippen molar-refractivity contribution in [3.63, 3.8) is 0 Å². The number of amides is 2. The molecule has 0 aliphatic rings. The SMILES string of the molecule is CCCCc1nnc(NC(=O)CCCCCNC(C)=O)s1. The predicted octanol–water partition coefficient (Wildman–Crippen LogP) is 2.52. The van der Waals surface area contributed by atoms with Gasteiger partial charge in [-0.15, -0.1) is 10.2 Å². The standard InChI is InChI=1S/C14H24N4O2S/c1-3-4-9-13-17-18-14(21-13)16-12(20)8-6-5-7-10-15-11(2)19/h3-10H2,1-2H3,(H,15,19)(H,16,18,20). The summed E-state index contributed by atoms with van der Waals surface area (Å²) in [4.78, 5) is 22.4. The highest BCUT2D eigenvalue weighted by atomic mass is 32.1. The molecule has 0 radical (unpaired) electrons. The smallest absolute Gasteiger partial charge is 0.226 e. The Kier molecular flexibility index (Phi) is 8.57. The molecule has 0 unspecified atom stereocenters. The van der Waals surface area contributed by atoms with Gasteiger partial charge >= 0.3 is 0 Å². The number of anilines is 1. The maximum Gasteiger partial charge on any atom is 0.226 e. The first kappa shape index (κ1) is 17.6. The normalized spacial score (nSPS) is 10.4. The molecule has 0 atom stereocenters. The van der Waals surface area contributed by atoms with Crippen LogP contribution in [-0.2, 0) is 16.0 Å². The van der Waals surface area contributed by atoms with Gasteiger partial charge in [0, 0.05) is 26.3 Å². The van der Waals surface area contributed by atoms with E-state index >= 15 is 0 Å². The number of aryl methyl sites for hydroxylation is 1. The Morgan fingerprint density at radius 3 is 2.67 bits per heavy atom. The Labute approximate surface area is 129 Å². The van der Waals surface area contributed by atoms with Crippen LogP contribution in [0.3, 0.4) is 0 Å². The zero-order valence-corrected chi connectivity index (χ0v) is 13.6. The van der Waals surface area contributed by atoms with Crippen molar-refractivity contribution in [1.29, 1.82) is 0 Å². The van der Waals surface area contributed by atoms with E-state index in [4.69, 9.17) is 0 Å². The van der Waals surface area contributed by atoms with Crippen molar-refractivity contribution in [2.45, 2.75) is 58.8 Å². The molecule has 0 spiro atoms. The van der Waals surface area contributed by atoms with Gasteiger partial charge in [0.15, 0.2) is 0 Å². The molecule has 0 aliphatic heterocycles. The molecule has 1 rings (SSSR count). The molecule has 118 valence electrons. The van der Waals surface area contributed by atoms with Crippen molar-refractivity contribution in [1.82, 2.24) is 15.5 Å². The van der Waals surface area contributed by atoms with Crippen LogP contribution in [0.15, 0.2) is 0 Å². The van der Waals surface area contributed by atoms with Gasteiger partial charge in [0.25, 0.3) is 0 Å². The lowest BCUT2D eigenvalue weighted by Crippen LogP contribution is -2.20. The number of carbonyl (C=O) groups excluding carboxylic acids is 2. The van der Waals surface area contributed by atoms with Gasteiger partial charge < -0.3 is 10.6 Å². The molecule has 0 aliphatic carbocycles. The molecule has 0 fully saturated rings. The number of nitrogens with one attached hydrogen (secondary N) is 2. The fourth-order valence-electron chi connectivity index (χ4n) is 1.77. The summed E-state index contributed by atoms with van der Waals surface area (Å²) in [6.07, 6.45) is 6.25. The number of unbranched alkanes of at least 4 members (excludes halogenated alkanes) is 3. The van der Waals surface area contributed by atoms with Crippen LogP contribution in [0.25, 0.3) is 0 Å². The molecule has 6 nitrogen and oxygen atoms in total. The number of aromatic nitrogens is 2. The highest BCUT2D eigenvalue weighted by Crippen LogP contribution is 2.17. The van der Waals surface area contributed by atoms with E-state index in [0.717, 1.165) is 43.5 Å². The minimum absolute atomic E-state index is 0.0112. The zero-order valence-electron chi connectivity index (χ0n) is 12.8. The number of carbonyl (C=O) groups is 2. The van der Waals surface area contributed by atoms with Crippen molar-refractivity contribution in [3.8, 4) is 0 Å². The van der Waals surface area contributed by atoms with E-state index < -0.39 is 0 Å². The van der Waals surface area contributed by atoms with Gasteiger partial charge in [-0.25, -0.2) is 0 Å². The second-order valence-electron chi connectivity index (χ2n) is 4.95. The first-order chi connectivity index (χ1) is 10.1. The van der Waals surface area contributed by atoms with E-state index in [9.17, 15) is 9.59 Å². The van der Waals surface area contributed by atoms with Crippen LogP contribution in [0.1, 0.15) is 57.4 Å². The van der Waals surface area contributed by atoms with E-state index in [1.54, 1.807) is 0 Å². The summed E-state index contributed by atoms with van der Waals surface area (Å²) in [7, 11) is 0. The minimum atomic E-state index is -0.0206. The minimum Gasteiger partial charge on any atom is -0.356 e. The molecule has 21 heavy (non-hydrogen) atoms. The molecular weight excluding hydrogens is 288 g/mol. The van der Waals surface area contributed by atoms with E-state index in [0.29, 0.717) is 18.1 Å². The highest BCUT2D eigenvalue weighted by Gasteiger charge is 2.07. The lowest BCUT2D eigenvalue weighted by Gasteiger charge is -2.02. The average molecular weight is 312 g/mol. The molecule has 0 aromatic carbocycles. The molecule has 0 saturated carbocycles. The molecule has 1 aromatic rings. The third kappa shape index (κ3) is 8.39. The molecule has 0 bridgehead atoms. The van der Waals surface area contributed by atoms with Crippen LogP contribution in [0.5, 0.6) is 0 Å². The van der Waals surface area contributed by atoms with Gasteiger partial charge in [0.05, 0.1) is 0 Å². The van der Waals surface area contributed by atoms with E-state index in [1.807, 2.05) is 0 Å². The Morgan fingerprint density at radius 1 is 1.14 bits per heavy atom. The van der Waals surface area contributed by atoms with E-state index in [1.165, 1.54) is 18.3 Å². The summed E-state index contributed by atoms with van der Waals surface area (Å²) in [6, 6.07) is 0. The summed E-state index contributed by atoms with van der Waals surface area (Å²) < 4.78 is 0. The highest BCUT2D eigenvalue weighted by molar-refractivity contribution is 7.15. The Bertz CT molecular complexity index is 448. The van der Waals surface area contributed by atoms with Crippen molar-refractivity contribution in [3.05, 3.63) is 5.01 Å². The van der Waals surface area contributed by atoms with Crippen LogP contribution in [-0.4, -0.2) is 28.6 Å². The van der Waals surface area contributed by atoms with Crippen molar-refractivity contribution in [2.75, 3.05) is 11.9 Å². The summed E-state index contributed by atoms with van der Waals surface area (Å²) in [5.74, 6) is -0.0318. The number of rotatable bonds is 10. The fraction of sp³-hybridized carbons (Fsp3) is 0.714. The fourth-order valence-corrected chi connectivity index (χ4v) is 2.56. The molecule has 7 heteroatoms. The maximum atomic E-state index is 11.7. The molecular formula is C14H24N4O2S. The quantitative estimate of drug-likeness (QED) is 0.650. The third-order valence-corrected chi connectivity index (χ3v) is 3.81. The van der Waals surface area contributed by atoms with Crippen molar-refractivity contribution >= 4 is 28.3 Å². The molecule has 2 amide bonds. The van der Waals surface area contributed by atoms with Crippen LogP contribution in [0.2, 0.25) is 0 Å².